The Hall–Kier alpha value is 1.44. The third-order valence-electron chi connectivity index (χ3n) is 0. The molecule has 44 valence electrons. The monoisotopic (exact) mass is 214 g/mol. The Morgan fingerprint density at radius 3 is 1.20 bits per heavy atom. The van der Waals surface area contributed by atoms with E-state index in [0.29, 0.717) is 0 Å². The third kappa shape index (κ3) is 31.1. The van der Waals surface area contributed by atoms with Crippen molar-refractivity contribution in [2.24, 2.45) is 0 Å². The van der Waals surface area contributed by atoms with Crippen LogP contribution < -0.4 is 0 Å². The van der Waals surface area contributed by atoms with Crippen molar-refractivity contribution in [1.82, 2.24) is 0 Å². The summed E-state index contributed by atoms with van der Waals surface area (Å²) in [6.07, 6.45) is 0. The molecule has 0 aromatic heterocycles. The summed E-state index contributed by atoms with van der Waals surface area (Å²) in [6, 6.07) is 0. The molecular weight excluding hydrogens is 213 g/mol. The summed E-state index contributed by atoms with van der Waals surface area (Å²) in [6.45, 7) is 0. The Morgan fingerprint density at radius 2 is 1.20 bits per heavy atom. The second kappa shape index (κ2) is 18.0. The summed E-state index contributed by atoms with van der Waals surface area (Å²) in [5.74, 6) is 0. The van der Waals surface area contributed by atoms with Gasteiger partial charge >= 0.3 is 24.0 Å². The van der Waals surface area contributed by atoms with E-state index >= 15 is 0 Å². The van der Waals surface area contributed by atoms with Gasteiger partial charge in [-0.15, -0.1) is 0 Å². The van der Waals surface area contributed by atoms with Crippen molar-refractivity contribution in [3.8, 4) is 0 Å². The van der Waals surface area contributed by atoms with Gasteiger partial charge in [-0.05, 0) is 0 Å². The van der Waals surface area contributed by atoms with Gasteiger partial charge in [-0.25, -0.2) is 0 Å². The van der Waals surface area contributed by atoms with Crippen LogP contribution in [0.2, 0.25) is 0 Å². The van der Waals surface area contributed by atoms with E-state index < -0.39 is 0 Å². The first kappa shape index (κ1) is 16.1. The van der Waals surface area contributed by atoms with Gasteiger partial charge in [-0.1, -0.05) is 0 Å². The zero-order valence-electron chi connectivity index (χ0n) is 1.85. The van der Waals surface area contributed by atoms with Crippen LogP contribution in [0.25, 0.3) is 0 Å². The van der Waals surface area contributed by atoms with Gasteiger partial charge in [0.05, 0.1) is 0 Å². The second-order valence-corrected chi connectivity index (χ2v) is 0.249. The van der Waals surface area contributed by atoms with Crippen molar-refractivity contribution in [3.63, 3.8) is 0 Å². The zero-order valence-corrected chi connectivity index (χ0v) is 4.82. The fourth-order valence-corrected chi connectivity index (χ4v) is 0. The van der Waals surface area contributed by atoms with Crippen molar-refractivity contribution in [1.29, 1.82) is 0 Å². The minimum absolute atomic E-state index is 0. The number of rotatable bonds is 0. The van der Waals surface area contributed by atoms with E-state index in [9.17, 15) is 0 Å². The molecule has 0 aliphatic heterocycles. The summed E-state index contributed by atoms with van der Waals surface area (Å²) < 4.78 is 14.1. The molecule has 0 saturated carbocycles. The number of hydrogen-bond acceptors (Lipinski definition) is 2. The topological polar surface area (TPSA) is 40.5 Å². The van der Waals surface area contributed by atoms with Crippen molar-refractivity contribution >= 4 is 0 Å². The van der Waals surface area contributed by atoms with Crippen LogP contribution >= 0.6 is 0 Å². The Morgan fingerprint density at radius 1 is 1.20 bits per heavy atom. The summed E-state index contributed by atoms with van der Waals surface area (Å²) in [5, 5.41) is 0. The minimum atomic E-state index is -0.188. The molecular formula is H2CoCuNiO2. The van der Waals surface area contributed by atoms with Gasteiger partial charge < -0.3 is 0 Å². The molecule has 5 heteroatoms. The molecule has 0 atom stereocenters. The van der Waals surface area contributed by atoms with Crippen LogP contribution in [0, 0.1) is 0 Å². The van der Waals surface area contributed by atoms with E-state index in [1.165, 1.54) is 0 Å². The number of hydrogen-bond donors (Lipinski definition) is 2. The molecule has 0 heterocycles. The van der Waals surface area contributed by atoms with E-state index in [1.54, 1.807) is 0 Å². The molecule has 0 aromatic carbocycles. The molecule has 0 spiro atoms. The van der Waals surface area contributed by atoms with Crippen LogP contribution in [0.4, 0.5) is 0 Å². The fraction of sp³-hybridized carbons (Fsp3) is 0. The standard InChI is InChI=1S/Co.Cu.Ni.2H2O/h;;;2*1H2/q;+2;;;/p-2. The van der Waals surface area contributed by atoms with Crippen LogP contribution in [0.15, 0.2) is 0 Å². The Kier molecular flexibility index (Phi) is 58.0. The average Bonchev–Trinajstić information content (AvgIpc) is 0.918. The molecule has 0 rings (SSSR count). The van der Waals surface area contributed by atoms with Gasteiger partial charge in [0, 0.05) is 33.3 Å². The molecule has 2 N–H and O–H groups in total. The summed E-state index contributed by atoms with van der Waals surface area (Å²) >= 11 is -0.188. The summed E-state index contributed by atoms with van der Waals surface area (Å²) in [4.78, 5) is 0. The maximum atomic E-state index is 7.03. The average molecular weight is 215 g/mol. The molecule has 5 heavy (non-hydrogen) atoms. The van der Waals surface area contributed by atoms with Crippen molar-refractivity contribution < 1.29 is 57.3 Å². The Balaban J connectivity index is -0.0000000200. The SMILES string of the molecule is [Co].[Ni].[OH][Cu][OH]. The van der Waals surface area contributed by atoms with Gasteiger partial charge in [-0.3, -0.25) is 0 Å². The molecule has 1 radical (unpaired) electrons. The van der Waals surface area contributed by atoms with Gasteiger partial charge in [0.2, 0.25) is 0 Å². The first-order valence-electron chi connectivity index (χ1n) is 0.270. The molecule has 0 fully saturated rings. The van der Waals surface area contributed by atoms with E-state index in [0.717, 1.165) is 0 Å². The molecule has 0 unspecified atom stereocenters. The van der Waals surface area contributed by atoms with Gasteiger partial charge in [-0.2, -0.15) is 0 Å². The van der Waals surface area contributed by atoms with Crippen molar-refractivity contribution in [2.75, 3.05) is 0 Å². The molecule has 0 aliphatic carbocycles. The van der Waals surface area contributed by atoms with Gasteiger partial charge in [0.25, 0.3) is 0 Å². The van der Waals surface area contributed by atoms with E-state index in [-0.39, 0.29) is 48.9 Å². The first-order valence-corrected chi connectivity index (χ1v) is 1.11. The van der Waals surface area contributed by atoms with Crippen molar-refractivity contribution in [3.05, 3.63) is 0 Å². The van der Waals surface area contributed by atoms with Gasteiger partial charge in [0.15, 0.2) is 0 Å². The molecule has 0 aromatic rings. The molecule has 0 aliphatic rings. The normalized spacial score (nSPS) is 4.40. The zero-order chi connectivity index (χ0) is 2.71. The molecule has 0 saturated heterocycles. The van der Waals surface area contributed by atoms with Crippen LogP contribution in [0.1, 0.15) is 0 Å². The van der Waals surface area contributed by atoms with Crippen molar-refractivity contribution in [2.45, 2.75) is 0 Å². The quantitative estimate of drug-likeness (QED) is 0.502. The Bertz CT molecular complexity index is 9.61. The molecule has 0 bridgehead atoms. The maximum absolute atomic E-state index is 7.03. The van der Waals surface area contributed by atoms with Gasteiger partial charge in [0.1, 0.15) is 0 Å². The van der Waals surface area contributed by atoms with Crippen LogP contribution in [-0.4, -0.2) is 8.38 Å². The van der Waals surface area contributed by atoms with E-state index in [2.05, 4.69) is 0 Å². The predicted octanol–water partition coefficient (Wildman–Crippen LogP) is -1.12. The van der Waals surface area contributed by atoms with Crippen LogP contribution in [0.5, 0.6) is 0 Å². The summed E-state index contributed by atoms with van der Waals surface area (Å²) in [7, 11) is 0. The van der Waals surface area contributed by atoms with Crippen LogP contribution in [-0.2, 0) is 48.9 Å². The van der Waals surface area contributed by atoms with Crippen LogP contribution in [0.3, 0.4) is 0 Å². The molecule has 2 nitrogen and oxygen atoms in total. The fourth-order valence-electron chi connectivity index (χ4n) is 0. The third-order valence-corrected chi connectivity index (χ3v) is 0. The predicted molar refractivity (Wildman–Crippen MR) is 4.44 cm³/mol. The second-order valence-electron chi connectivity index (χ2n) is 0.0603. The molecule has 0 amide bonds. The Labute approximate surface area is 57.3 Å². The van der Waals surface area contributed by atoms with E-state index in [4.69, 9.17) is 8.38 Å². The van der Waals surface area contributed by atoms with E-state index in [1.807, 2.05) is 0 Å². The first-order chi connectivity index (χ1) is 1.41. The summed E-state index contributed by atoms with van der Waals surface area (Å²) in [5.41, 5.74) is 0.